The molecule has 23 heavy (non-hydrogen) atoms. The average molecular weight is 315 g/mol. The lowest BCUT2D eigenvalue weighted by molar-refractivity contribution is 0.0514. The van der Waals surface area contributed by atoms with E-state index in [9.17, 15) is 9.59 Å². The molecule has 1 aromatic carbocycles. The molecule has 0 N–H and O–H groups in total. The van der Waals surface area contributed by atoms with Crippen LogP contribution in [0.3, 0.4) is 0 Å². The Morgan fingerprint density at radius 2 is 2.17 bits per heavy atom. The van der Waals surface area contributed by atoms with Crippen molar-refractivity contribution in [2.75, 3.05) is 13.9 Å². The fourth-order valence-electron chi connectivity index (χ4n) is 2.87. The number of ketones is 1. The Morgan fingerprint density at radius 1 is 1.35 bits per heavy atom. The van der Waals surface area contributed by atoms with Gasteiger partial charge in [-0.1, -0.05) is 24.2 Å². The molecule has 6 heteroatoms. The highest BCUT2D eigenvalue weighted by atomic mass is 16.7. The first-order valence-corrected chi connectivity index (χ1v) is 7.37. The maximum atomic E-state index is 12.4. The summed E-state index contributed by atoms with van der Waals surface area (Å²) in [6.07, 6.45) is 1.82. The molecule has 120 valence electrons. The van der Waals surface area contributed by atoms with E-state index in [0.29, 0.717) is 53.0 Å². The molecule has 0 amide bonds. The van der Waals surface area contributed by atoms with Gasteiger partial charge in [0.1, 0.15) is 17.2 Å². The number of aldehydes is 1. The van der Waals surface area contributed by atoms with Crippen LogP contribution in [0.5, 0.6) is 5.75 Å². The van der Waals surface area contributed by atoms with Gasteiger partial charge in [-0.2, -0.15) is 0 Å². The van der Waals surface area contributed by atoms with Crippen LogP contribution in [0.4, 0.5) is 0 Å². The van der Waals surface area contributed by atoms with Crippen molar-refractivity contribution in [2.45, 2.75) is 19.8 Å². The minimum Gasteiger partial charge on any atom is -0.467 e. The van der Waals surface area contributed by atoms with Crippen molar-refractivity contribution in [3.05, 3.63) is 35.1 Å². The third-order valence-electron chi connectivity index (χ3n) is 3.86. The number of ether oxygens (including phenoxy) is 2. The highest BCUT2D eigenvalue weighted by Gasteiger charge is 2.32. The molecular weight excluding hydrogens is 298 g/mol. The standard InChI is InChI=1S/C17H17NO5/c1-10-6-12(20)16-14(7-10)23-18-17(16)15-11(8-19)4-3-5-13(15)22-9-21-2/h3-5,8,10H,6-7,9H2,1-2H3/t10-/m1/s1. The summed E-state index contributed by atoms with van der Waals surface area (Å²) < 4.78 is 15.8. The van der Waals surface area contributed by atoms with Crippen molar-refractivity contribution in [3.8, 4) is 17.0 Å². The molecule has 6 nitrogen and oxygen atoms in total. The van der Waals surface area contributed by atoms with E-state index in [1.165, 1.54) is 7.11 Å². The summed E-state index contributed by atoms with van der Waals surface area (Å²) in [5.74, 6) is 1.20. The Morgan fingerprint density at radius 3 is 2.91 bits per heavy atom. The van der Waals surface area contributed by atoms with Crippen molar-refractivity contribution in [3.63, 3.8) is 0 Å². The third kappa shape index (κ3) is 2.77. The van der Waals surface area contributed by atoms with Crippen LogP contribution in [0, 0.1) is 5.92 Å². The molecule has 0 spiro atoms. The third-order valence-corrected chi connectivity index (χ3v) is 3.86. The van der Waals surface area contributed by atoms with Gasteiger partial charge in [-0.3, -0.25) is 9.59 Å². The Kier molecular flexibility index (Phi) is 4.25. The van der Waals surface area contributed by atoms with Crippen molar-refractivity contribution >= 4 is 12.1 Å². The van der Waals surface area contributed by atoms with Crippen LogP contribution in [-0.4, -0.2) is 31.1 Å². The molecule has 1 aliphatic carbocycles. The van der Waals surface area contributed by atoms with Crippen LogP contribution in [0.1, 0.15) is 39.8 Å². The molecule has 3 rings (SSSR count). The maximum Gasteiger partial charge on any atom is 0.188 e. The van der Waals surface area contributed by atoms with Crippen LogP contribution >= 0.6 is 0 Å². The quantitative estimate of drug-likeness (QED) is 0.623. The fraction of sp³-hybridized carbons (Fsp3) is 0.353. The average Bonchev–Trinajstić information content (AvgIpc) is 2.96. The van der Waals surface area contributed by atoms with Gasteiger partial charge in [-0.05, 0) is 12.0 Å². The van der Waals surface area contributed by atoms with E-state index in [-0.39, 0.29) is 18.5 Å². The highest BCUT2D eigenvalue weighted by Crippen LogP contribution is 2.38. The summed E-state index contributed by atoms with van der Waals surface area (Å²) in [6.45, 7) is 2.02. The van der Waals surface area contributed by atoms with Gasteiger partial charge in [-0.25, -0.2) is 0 Å². The maximum absolute atomic E-state index is 12.4. The summed E-state index contributed by atoms with van der Waals surface area (Å²) in [7, 11) is 1.51. The van der Waals surface area contributed by atoms with E-state index >= 15 is 0 Å². The van der Waals surface area contributed by atoms with Gasteiger partial charge in [0, 0.05) is 25.5 Å². The van der Waals surface area contributed by atoms with Crippen molar-refractivity contribution in [1.29, 1.82) is 0 Å². The molecule has 1 aliphatic rings. The first-order chi connectivity index (χ1) is 11.2. The number of carbonyl (C=O) groups excluding carboxylic acids is 2. The molecule has 0 unspecified atom stereocenters. The summed E-state index contributed by atoms with van der Waals surface area (Å²) in [6, 6.07) is 5.06. The largest absolute Gasteiger partial charge is 0.467 e. The lowest BCUT2D eigenvalue weighted by Crippen LogP contribution is -2.17. The number of nitrogens with zero attached hydrogens (tertiary/aromatic N) is 1. The van der Waals surface area contributed by atoms with Crippen molar-refractivity contribution in [2.24, 2.45) is 5.92 Å². The monoisotopic (exact) mass is 315 g/mol. The lowest BCUT2D eigenvalue weighted by Gasteiger charge is -2.16. The molecule has 0 radical (unpaired) electrons. The van der Waals surface area contributed by atoms with Crippen molar-refractivity contribution in [1.82, 2.24) is 5.16 Å². The van der Waals surface area contributed by atoms with E-state index in [0.717, 1.165) is 0 Å². The zero-order chi connectivity index (χ0) is 16.4. The van der Waals surface area contributed by atoms with Crippen LogP contribution in [0.2, 0.25) is 0 Å². The van der Waals surface area contributed by atoms with Crippen LogP contribution in [-0.2, 0) is 11.2 Å². The predicted molar refractivity (Wildman–Crippen MR) is 81.6 cm³/mol. The molecule has 0 saturated heterocycles. The topological polar surface area (TPSA) is 78.6 Å². The van der Waals surface area contributed by atoms with Gasteiger partial charge < -0.3 is 14.0 Å². The Balaban J connectivity index is 2.16. The van der Waals surface area contributed by atoms with Gasteiger partial charge in [0.15, 0.2) is 18.9 Å². The van der Waals surface area contributed by atoms with Crippen molar-refractivity contribution < 1.29 is 23.6 Å². The zero-order valence-corrected chi connectivity index (χ0v) is 13.0. The lowest BCUT2D eigenvalue weighted by atomic mass is 9.86. The van der Waals surface area contributed by atoms with Crippen LogP contribution < -0.4 is 4.74 Å². The van der Waals surface area contributed by atoms with E-state index < -0.39 is 0 Å². The van der Waals surface area contributed by atoms with E-state index in [4.69, 9.17) is 14.0 Å². The first kappa shape index (κ1) is 15.4. The normalized spacial score (nSPS) is 17.0. The predicted octanol–water partition coefficient (Wildman–Crippen LogP) is 2.90. The molecular formula is C17H17NO5. The molecule has 2 aromatic rings. The molecule has 1 atom stereocenters. The minimum absolute atomic E-state index is 0.0200. The van der Waals surface area contributed by atoms with Crippen LogP contribution in [0.25, 0.3) is 11.3 Å². The van der Waals surface area contributed by atoms with E-state index in [1.54, 1.807) is 18.2 Å². The summed E-state index contributed by atoms with van der Waals surface area (Å²) in [5, 5.41) is 4.05. The number of methoxy groups -OCH3 is 1. The second-order valence-corrected chi connectivity index (χ2v) is 5.66. The van der Waals surface area contributed by atoms with Gasteiger partial charge in [0.25, 0.3) is 0 Å². The smallest absolute Gasteiger partial charge is 0.188 e. The van der Waals surface area contributed by atoms with Gasteiger partial charge in [0.2, 0.25) is 0 Å². The number of Topliss-reactive ketones (excluding diaryl/α,β-unsaturated/α-hetero) is 1. The Labute approximate surface area is 133 Å². The SMILES string of the molecule is COCOc1cccc(C=O)c1-c1noc2c1C(=O)C[C@@H](C)C2. The highest BCUT2D eigenvalue weighted by molar-refractivity contribution is 6.05. The number of hydrogen-bond acceptors (Lipinski definition) is 6. The van der Waals surface area contributed by atoms with E-state index in [2.05, 4.69) is 5.16 Å². The molecule has 0 saturated carbocycles. The minimum atomic E-state index is -0.0200. The second kappa shape index (κ2) is 6.34. The summed E-state index contributed by atoms with van der Waals surface area (Å²) in [5.41, 5.74) is 1.68. The molecule has 0 bridgehead atoms. The summed E-state index contributed by atoms with van der Waals surface area (Å²) >= 11 is 0. The fourth-order valence-corrected chi connectivity index (χ4v) is 2.87. The molecule has 1 aromatic heterocycles. The summed E-state index contributed by atoms with van der Waals surface area (Å²) in [4.78, 5) is 23.8. The van der Waals surface area contributed by atoms with Gasteiger partial charge >= 0.3 is 0 Å². The number of hydrogen-bond donors (Lipinski definition) is 0. The zero-order valence-electron chi connectivity index (χ0n) is 13.0. The number of fused-ring (bicyclic) bond motifs is 1. The van der Waals surface area contributed by atoms with Crippen LogP contribution in [0.15, 0.2) is 22.7 Å². The van der Waals surface area contributed by atoms with Gasteiger partial charge in [-0.15, -0.1) is 0 Å². The Hall–Kier alpha value is -2.47. The number of carbonyl (C=O) groups is 2. The second-order valence-electron chi connectivity index (χ2n) is 5.66. The Bertz CT molecular complexity index is 749. The first-order valence-electron chi connectivity index (χ1n) is 7.37. The molecule has 0 aliphatic heterocycles. The number of benzene rings is 1. The molecule has 0 fully saturated rings. The number of rotatable bonds is 5. The van der Waals surface area contributed by atoms with Gasteiger partial charge in [0.05, 0.1) is 11.1 Å². The number of aromatic nitrogens is 1. The molecule has 1 heterocycles. The van der Waals surface area contributed by atoms with E-state index in [1.807, 2.05) is 6.92 Å².